The molecule has 2 heterocycles. The largest absolute Gasteiger partial charge is 0.416 e. The first-order chi connectivity index (χ1) is 18.0. The van der Waals surface area contributed by atoms with E-state index in [0.717, 1.165) is 26.6 Å². The summed E-state index contributed by atoms with van der Waals surface area (Å²) in [6, 6.07) is 17.7. The summed E-state index contributed by atoms with van der Waals surface area (Å²) in [5.41, 5.74) is 1.10. The summed E-state index contributed by atoms with van der Waals surface area (Å²) in [7, 11) is 0. The second-order valence-electron chi connectivity index (χ2n) is 9.24. The summed E-state index contributed by atoms with van der Waals surface area (Å²) in [6.07, 6.45) is -2.13. The Labute approximate surface area is 233 Å². The average Bonchev–Trinajstić information content (AvgIpc) is 2.90. The molecule has 38 heavy (non-hydrogen) atoms. The number of benzene rings is 3. The van der Waals surface area contributed by atoms with E-state index in [4.69, 9.17) is 0 Å². The molecule has 0 spiro atoms. The summed E-state index contributed by atoms with van der Waals surface area (Å²) in [5, 5.41) is 14.9. The molecular weight excluding hydrogens is 627 g/mol. The summed E-state index contributed by atoms with van der Waals surface area (Å²) >= 11 is 6.92. The number of anilines is 2. The van der Waals surface area contributed by atoms with Gasteiger partial charge in [0.05, 0.1) is 16.7 Å². The van der Waals surface area contributed by atoms with E-state index >= 15 is 0 Å². The van der Waals surface area contributed by atoms with Gasteiger partial charge in [-0.15, -0.1) is 0 Å². The minimum Gasteiger partial charge on any atom is -0.385 e. The lowest BCUT2D eigenvalue weighted by Crippen LogP contribution is -2.45. The zero-order valence-electron chi connectivity index (χ0n) is 19.9. The van der Waals surface area contributed by atoms with Gasteiger partial charge in [0.2, 0.25) is 0 Å². The van der Waals surface area contributed by atoms with E-state index in [1.165, 1.54) is 12.3 Å². The van der Waals surface area contributed by atoms with Crippen molar-refractivity contribution in [3.05, 3.63) is 98.6 Å². The summed E-state index contributed by atoms with van der Waals surface area (Å²) < 4.78 is 40.9. The van der Waals surface area contributed by atoms with E-state index in [-0.39, 0.29) is 11.4 Å². The molecule has 2 N–H and O–H groups in total. The number of fused-ring (bicyclic) bond motifs is 1. The minimum atomic E-state index is -4.44. The minimum absolute atomic E-state index is 0.121. The van der Waals surface area contributed by atoms with Crippen molar-refractivity contribution < 1.29 is 23.1 Å². The fraction of sp³-hybridized carbons (Fsp3) is 0.214. The first-order valence-electron chi connectivity index (χ1n) is 11.8. The lowest BCUT2D eigenvalue weighted by atomic mass is 9.84. The number of carbonyl (C=O) groups excluding carboxylic acids is 1. The normalized spacial score (nSPS) is 15.5. The zero-order chi connectivity index (χ0) is 27.1. The van der Waals surface area contributed by atoms with Crippen molar-refractivity contribution in [3.8, 4) is 0 Å². The molecule has 0 bridgehead atoms. The Morgan fingerprint density at radius 2 is 1.66 bits per heavy atom. The Morgan fingerprint density at radius 1 is 0.947 bits per heavy atom. The number of likely N-dealkylation sites (tertiary alicyclic amines) is 1. The second-order valence-corrected chi connectivity index (χ2v) is 11.0. The van der Waals surface area contributed by atoms with Gasteiger partial charge in [-0.1, -0.05) is 12.1 Å². The molecule has 0 saturated carbocycles. The quantitative estimate of drug-likeness (QED) is 0.239. The molecule has 5 rings (SSSR count). The molecule has 0 atom stereocenters. The third-order valence-corrected chi connectivity index (χ3v) is 8.70. The van der Waals surface area contributed by atoms with Crippen molar-refractivity contribution in [1.29, 1.82) is 0 Å². The summed E-state index contributed by atoms with van der Waals surface area (Å²) in [5.74, 6) is -0.121. The topological polar surface area (TPSA) is 65.5 Å². The number of nitrogens with one attached hydrogen (secondary N) is 1. The van der Waals surface area contributed by atoms with E-state index in [9.17, 15) is 23.1 Å². The van der Waals surface area contributed by atoms with Gasteiger partial charge in [-0.3, -0.25) is 9.78 Å². The monoisotopic (exact) mass is 647 g/mol. The molecular formula is C28H22Br2F3N3O2. The Morgan fingerprint density at radius 3 is 2.32 bits per heavy atom. The molecule has 1 amide bonds. The molecule has 1 aliphatic rings. The van der Waals surface area contributed by atoms with Crippen molar-refractivity contribution in [2.45, 2.75) is 24.6 Å². The highest BCUT2D eigenvalue weighted by molar-refractivity contribution is 9.13. The molecule has 1 aliphatic heterocycles. The Bertz CT molecular complexity index is 1500. The number of hydrogen-bond donors (Lipinski definition) is 2. The molecule has 0 unspecified atom stereocenters. The Hall–Kier alpha value is -2.95. The van der Waals surface area contributed by atoms with Gasteiger partial charge in [0.25, 0.3) is 5.91 Å². The number of aliphatic hydroxyl groups is 1. The van der Waals surface area contributed by atoms with Crippen LogP contribution in [-0.4, -0.2) is 34.0 Å². The SMILES string of the molecule is O=C(c1ccc(Nc2ccnc3cc(C(F)(F)F)ccc23)cc1)N1CCC(O)(c2ccc(Br)c(Br)c2)CC1. The Balaban J connectivity index is 1.26. The number of halogens is 5. The maximum Gasteiger partial charge on any atom is 0.416 e. The van der Waals surface area contributed by atoms with E-state index in [1.807, 2.05) is 18.2 Å². The van der Waals surface area contributed by atoms with Crippen LogP contribution < -0.4 is 5.32 Å². The fourth-order valence-electron chi connectivity index (χ4n) is 4.62. The van der Waals surface area contributed by atoms with Crippen LogP contribution in [0.15, 0.2) is 81.9 Å². The number of alkyl halides is 3. The number of carbonyl (C=O) groups is 1. The van der Waals surface area contributed by atoms with Crippen LogP contribution in [0.5, 0.6) is 0 Å². The summed E-state index contributed by atoms with van der Waals surface area (Å²) in [4.78, 5) is 18.9. The molecule has 3 aromatic carbocycles. The maximum atomic E-state index is 13.1. The van der Waals surface area contributed by atoms with Gasteiger partial charge in [0, 0.05) is 50.6 Å². The molecule has 196 valence electrons. The number of nitrogens with zero attached hydrogens (tertiary/aromatic N) is 2. The first-order valence-corrected chi connectivity index (χ1v) is 13.4. The zero-order valence-corrected chi connectivity index (χ0v) is 23.1. The lowest BCUT2D eigenvalue weighted by Gasteiger charge is -2.38. The van der Waals surface area contributed by atoms with Gasteiger partial charge < -0.3 is 15.3 Å². The van der Waals surface area contributed by atoms with Crippen LogP contribution in [0.2, 0.25) is 0 Å². The van der Waals surface area contributed by atoms with Crippen LogP contribution in [-0.2, 0) is 11.8 Å². The predicted octanol–water partition coefficient (Wildman–Crippen LogP) is 7.65. The van der Waals surface area contributed by atoms with Crippen LogP contribution in [0.1, 0.15) is 34.3 Å². The smallest absolute Gasteiger partial charge is 0.385 e. The number of aromatic nitrogens is 1. The fourth-order valence-corrected chi connectivity index (χ4v) is 5.25. The van der Waals surface area contributed by atoms with Crippen LogP contribution in [0.4, 0.5) is 24.5 Å². The predicted molar refractivity (Wildman–Crippen MR) is 147 cm³/mol. The van der Waals surface area contributed by atoms with E-state index in [2.05, 4.69) is 42.2 Å². The van der Waals surface area contributed by atoms with Crippen LogP contribution >= 0.6 is 31.9 Å². The molecule has 10 heteroatoms. The highest BCUT2D eigenvalue weighted by Gasteiger charge is 2.36. The lowest BCUT2D eigenvalue weighted by molar-refractivity contribution is -0.137. The molecule has 5 nitrogen and oxygen atoms in total. The number of rotatable bonds is 4. The first kappa shape index (κ1) is 26.6. The van der Waals surface area contributed by atoms with Crippen molar-refractivity contribution in [2.24, 2.45) is 0 Å². The molecule has 0 radical (unpaired) electrons. The van der Waals surface area contributed by atoms with Crippen LogP contribution in [0, 0.1) is 0 Å². The molecule has 1 aromatic heterocycles. The third kappa shape index (κ3) is 5.43. The number of piperidine rings is 1. The van der Waals surface area contributed by atoms with Crippen LogP contribution in [0.25, 0.3) is 10.9 Å². The van der Waals surface area contributed by atoms with Crippen molar-refractivity contribution in [1.82, 2.24) is 9.88 Å². The number of hydrogen-bond acceptors (Lipinski definition) is 4. The van der Waals surface area contributed by atoms with E-state index in [0.29, 0.717) is 48.3 Å². The summed E-state index contributed by atoms with van der Waals surface area (Å²) in [6.45, 7) is 0.845. The van der Waals surface area contributed by atoms with Crippen molar-refractivity contribution in [2.75, 3.05) is 18.4 Å². The molecule has 1 fully saturated rings. The molecule has 4 aromatic rings. The molecule has 1 saturated heterocycles. The standard InChI is InChI=1S/C28H22Br2F3N3O2/c29-22-8-4-18(15-23(22)30)27(38)10-13-36(14-11-27)26(37)17-1-5-20(6-2-17)35-24-9-12-34-25-16-19(28(31,32)33)3-7-21(24)25/h1-9,12,15-16,38H,10-11,13-14H2,(H,34,35). The highest BCUT2D eigenvalue weighted by atomic mass is 79.9. The van der Waals surface area contributed by atoms with Gasteiger partial charge >= 0.3 is 6.18 Å². The van der Waals surface area contributed by atoms with Crippen molar-refractivity contribution >= 4 is 60.0 Å². The van der Waals surface area contributed by atoms with Crippen LogP contribution in [0.3, 0.4) is 0 Å². The van der Waals surface area contributed by atoms with Gasteiger partial charge in [-0.2, -0.15) is 13.2 Å². The highest BCUT2D eigenvalue weighted by Crippen LogP contribution is 2.37. The van der Waals surface area contributed by atoms with E-state index in [1.54, 1.807) is 35.2 Å². The van der Waals surface area contributed by atoms with Gasteiger partial charge in [-0.05, 0) is 105 Å². The van der Waals surface area contributed by atoms with Gasteiger partial charge in [0.1, 0.15) is 0 Å². The number of pyridine rings is 1. The third-order valence-electron chi connectivity index (χ3n) is 6.82. The van der Waals surface area contributed by atoms with Gasteiger partial charge in [0.15, 0.2) is 0 Å². The maximum absolute atomic E-state index is 13.1. The average molecular weight is 649 g/mol. The van der Waals surface area contributed by atoms with Crippen molar-refractivity contribution in [3.63, 3.8) is 0 Å². The number of amides is 1. The second kappa shape index (κ2) is 10.3. The van der Waals surface area contributed by atoms with E-state index < -0.39 is 17.3 Å². The van der Waals surface area contributed by atoms with Gasteiger partial charge in [-0.25, -0.2) is 0 Å². The Kier molecular flexibility index (Phi) is 7.23. The molecule has 0 aliphatic carbocycles.